The number of nitrogens with one attached hydrogen (secondary N) is 1. The minimum atomic E-state index is -0.797. The molecule has 1 atom stereocenters. The van der Waals surface area contributed by atoms with Gasteiger partial charge in [-0.2, -0.15) is 0 Å². The molecule has 140 valence electrons. The van der Waals surface area contributed by atoms with E-state index in [1.165, 1.54) is 30.1 Å². The number of imide groups is 1. The molecule has 3 amide bonds. The Morgan fingerprint density at radius 2 is 2.04 bits per heavy atom. The number of carbonyl (C=O) groups excluding carboxylic acids is 5. The van der Waals surface area contributed by atoms with Crippen LogP contribution in [0.3, 0.4) is 0 Å². The van der Waals surface area contributed by atoms with Crippen molar-refractivity contribution >= 4 is 30.3 Å². The van der Waals surface area contributed by atoms with Crippen LogP contribution in [0.4, 0.5) is 0 Å². The third kappa shape index (κ3) is 4.73. The van der Waals surface area contributed by atoms with Gasteiger partial charge in [-0.1, -0.05) is 6.07 Å². The zero-order chi connectivity index (χ0) is 19.7. The molecule has 2 N–H and O–H groups in total. The van der Waals surface area contributed by atoms with Gasteiger partial charge in [0.15, 0.2) is 12.6 Å². The van der Waals surface area contributed by atoms with E-state index in [4.69, 9.17) is 9.84 Å². The fraction of sp³-hybridized carbons (Fsp3) is 0.353. The summed E-state index contributed by atoms with van der Waals surface area (Å²) in [5.41, 5.74) is 0.0593. The van der Waals surface area contributed by atoms with E-state index in [2.05, 4.69) is 5.32 Å². The van der Waals surface area contributed by atoms with Crippen LogP contribution in [-0.4, -0.2) is 67.1 Å². The Kier molecular flexibility index (Phi) is 8.10. The van der Waals surface area contributed by atoms with Gasteiger partial charge in [-0.3, -0.25) is 29.3 Å². The Morgan fingerprint density at radius 1 is 1.35 bits per heavy atom. The second-order valence-corrected chi connectivity index (χ2v) is 5.20. The number of piperidine rings is 1. The fourth-order valence-corrected chi connectivity index (χ4v) is 2.48. The summed E-state index contributed by atoms with van der Waals surface area (Å²) < 4.78 is 5.13. The molecule has 0 aliphatic carbocycles. The molecule has 2 rings (SSSR count). The quantitative estimate of drug-likeness (QED) is 0.517. The van der Waals surface area contributed by atoms with Gasteiger partial charge in [0.25, 0.3) is 5.91 Å². The number of carbonyl (C=O) groups is 5. The number of nitrogens with zero attached hydrogens (tertiary/aromatic N) is 1. The summed E-state index contributed by atoms with van der Waals surface area (Å²) in [5.74, 6) is -1.37. The average Bonchev–Trinajstić information content (AvgIpc) is 2.66. The smallest absolute Gasteiger partial charge is 0.255 e. The summed E-state index contributed by atoms with van der Waals surface area (Å²) >= 11 is 0. The van der Waals surface area contributed by atoms with Gasteiger partial charge < -0.3 is 14.7 Å². The molecular formula is C17H20N2O7. The maximum atomic E-state index is 12.7. The highest BCUT2D eigenvalue weighted by molar-refractivity contribution is 6.06. The Bertz CT molecular complexity index is 702. The lowest BCUT2D eigenvalue weighted by molar-refractivity contribution is -0.136. The molecule has 1 saturated heterocycles. The van der Waals surface area contributed by atoms with Crippen molar-refractivity contribution < 1.29 is 33.8 Å². The molecule has 9 heteroatoms. The van der Waals surface area contributed by atoms with Crippen molar-refractivity contribution in [3.05, 3.63) is 29.3 Å². The Morgan fingerprint density at radius 3 is 2.62 bits per heavy atom. The van der Waals surface area contributed by atoms with Gasteiger partial charge in [-0.05, 0) is 18.6 Å². The molecule has 1 heterocycles. The number of aliphatic hydroxyl groups excluding tert-OH is 1. The summed E-state index contributed by atoms with van der Waals surface area (Å²) in [5, 5.41) is 9.18. The number of hydrogen-bond donors (Lipinski definition) is 2. The van der Waals surface area contributed by atoms with Crippen molar-refractivity contribution in [2.45, 2.75) is 18.9 Å². The lowest BCUT2D eigenvalue weighted by atomic mass is 10.0. The second kappa shape index (κ2) is 10.0. The first-order valence-electron chi connectivity index (χ1n) is 7.69. The summed E-state index contributed by atoms with van der Waals surface area (Å²) in [6.07, 6.45) is 1.34. The van der Waals surface area contributed by atoms with E-state index in [-0.39, 0.29) is 42.2 Å². The van der Waals surface area contributed by atoms with E-state index < -0.39 is 17.9 Å². The molecule has 1 fully saturated rings. The van der Waals surface area contributed by atoms with Crippen LogP contribution in [0.5, 0.6) is 5.75 Å². The van der Waals surface area contributed by atoms with E-state index in [0.717, 1.165) is 7.11 Å². The number of likely N-dealkylation sites (N-methyl/N-ethyl adjacent to an activating group) is 1. The van der Waals surface area contributed by atoms with Crippen LogP contribution in [0.25, 0.3) is 0 Å². The van der Waals surface area contributed by atoms with Gasteiger partial charge in [0, 0.05) is 20.6 Å². The highest BCUT2D eigenvalue weighted by Crippen LogP contribution is 2.23. The predicted octanol–water partition coefficient (Wildman–Crippen LogP) is -0.437. The van der Waals surface area contributed by atoms with Gasteiger partial charge in [-0.15, -0.1) is 0 Å². The van der Waals surface area contributed by atoms with Crippen LogP contribution in [0, 0.1) is 0 Å². The fourth-order valence-electron chi connectivity index (χ4n) is 2.48. The Labute approximate surface area is 149 Å². The second-order valence-electron chi connectivity index (χ2n) is 5.20. The lowest BCUT2D eigenvalue weighted by Crippen LogP contribution is -2.53. The molecular weight excluding hydrogens is 344 g/mol. The predicted molar refractivity (Wildman–Crippen MR) is 89.8 cm³/mol. The molecule has 26 heavy (non-hydrogen) atoms. The third-order valence-electron chi connectivity index (χ3n) is 3.72. The first-order chi connectivity index (χ1) is 12.5. The molecule has 1 aliphatic heterocycles. The van der Waals surface area contributed by atoms with E-state index in [0.29, 0.717) is 12.6 Å². The molecule has 0 saturated carbocycles. The van der Waals surface area contributed by atoms with Crippen LogP contribution in [0.1, 0.15) is 33.6 Å². The number of rotatable bonds is 6. The van der Waals surface area contributed by atoms with Gasteiger partial charge in [-0.25, -0.2) is 0 Å². The number of ether oxygens (including phenoxy) is 1. The largest absolute Gasteiger partial charge is 0.485 e. The van der Waals surface area contributed by atoms with Crippen molar-refractivity contribution in [2.24, 2.45) is 0 Å². The van der Waals surface area contributed by atoms with E-state index in [1.807, 2.05) is 0 Å². The number of aliphatic hydroxyl groups is 1. The van der Waals surface area contributed by atoms with Crippen LogP contribution < -0.4 is 10.1 Å². The molecule has 1 aromatic rings. The normalized spacial score (nSPS) is 15.9. The summed E-state index contributed by atoms with van der Waals surface area (Å²) in [4.78, 5) is 58.7. The highest BCUT2D eigenvalue weighted by atomic mass is 16.5. The maximum Gasteiger partial charge on any atom is 0.255 e. The van der Waals surface area contributed by atoms with E-state index in [9.17, 15) is 24.0 Å². The topological polar surface area (TPSA) is 130 Å². The third-order valence-corrected chi connectivity index (χ3v) is 3.72. The van der Waals surface area contributed by atoms with Gasteiger partial charge in [0.05, 0.1) is 11.1 Å². The zero-order valence-electron chi connectivity index (χ0n) is 14.4. The molecule has 1 aliphatic rings. The van der Waals surface area contributed by atoms with Gasteiger partial charge in [0.1, 0.15) is 18.4 Å². The van der Waals surface area contributed by atoms with E-state index >= 15 is 0 Å². The number of hydrogen-bond acceptors (Lipinski definition) is 7. The lowest BCUT2D eigenvalue weighted by Gasteiger charge is -2.30. The van der Waals surface area contributed by atoms with E-state index in [1.54, 1.807) is 0 Å². The van der Waals surface area contributed by atoms with Crippen molar-refractivity contribution in [2.75, 3.05) is 20.8 Å². The van der Waals surface area contributed by atoms with Crippen molar-refractivity contribution in [1.82, 2.24) is 10.2 Å². The Balaban J connectivity index is 0.00000163. The molecule has 0 bridgehead atoms. The first kappa shape index (κ1) is 21.0. The standard InChI is InChI=1S/C16H16N2O6.CH4O/c1-18(12-5-6-14(21)17-15(12)22)16(23)10-3-2-4-13(11(10)9-20)24-8-7-19;1-2/h2-4,7,9,12H,5-6,8H2,1H3,(H,17,21,22);2H,1H3. The molecule has 9 nitrogen and oxygen atoms in total. The van der Waals surface area contributed by atoms with Crippen molar-refractivity contribution in [3.8, 4) is 5.75 Å². The van der Waals surface area contributed by atoms with Gasteiger partial charge >= 0.3 is 0 Å². The SMILES string of the molecule is CN(C(=O)c1cccc(OCC=O)c1C=O)C1CCC(=O)NC1=O.CO. The summed E-state index contributed by atoms with van der Waals surface area (Å²) in [6, 6.07) is 3.62. The monoisotopic (exact) mass is 364 g/mol. The summed E-state index contributed by atoms with van der Waals surface area (Å²) in [7, 11) is 2.43. The van der Waals surface area contributed by atoms with Crippen LogP contribution >= 0.6 is 0 Å². The minimum absolute atomic E-state index is 0.00324. The van der Waals surface area contributed by atoms with Crippen LogP contribution in [0.2, 0.25) is 0 Å². The molecule has 1 aromatic carbocycles. The minimum Gasteiger partial charge on any atom is -0.485 e. The molecule has 0 aromatic heterocycles. The summed E-state index contributed by atoms with van der Waals surface area (Å²) in [6.45, 7) is -0.249. The molecule has 0 radical (unpaired) electrons. The molecule has 1 unspecified atom stereocenters. The zero-order valence-corrected chi connectivity index (χ0v) is 14.4. The van der Waals surface area contributed by atoms with Crippen LogP contribution in [0.15, 0.2) is 18.2 Å². The van der Waals surface area contributed by atoms with Crippen molar-refractivity contribution in [3.63, 3.8) is 0 Å². The highest BCUT2D eigenvalue weighted by Gasteiger charge is 2.33. The maximum absolute atomic E-state index is 12.7. The number of aldehydes is 2. The van der Waals surface area contributed by atoms with Gasteiger partial charge in [0.2, 0.25) is 11.8 Å². The molecule has 0 spiro atoms. The number of amides is 3. The first-order valence-corrected chi connectivity index (χ1v) is 7.69. The Hall–Kier alpha value is -3.07. The number of benzene rings is 1. The van der Waals surface area contributed by atoms with Crippen molar-refractivity contribution in [1.29, 1.82) is 0 Å². The van der Waals surface area contributed by atoms with Crippen LogP contribution in [-0.2, 0) is 14.4 Å². The average molecular weight is 364 g/mol.